The van der Waals surface area contributed by atoms with Gasteiger partial charge >= 0.3 is 0 Å². The molecule has 0 bridgehead atoms. The number of nitrogens with one attached hydrogen (secondary N) is 1. The first-order chi connectivity index (χ1) is 7.54. The predicted molar refractivity (Wildman–Crippen MR) is 62.7 cm³/mol. The molecule has 1 aromatic heterocycles. The second kappa shape index (κ2) is 4.39. The minimum absolute atomic E-state index is 0.0568. The molecule has 16 heavy (non-hydrogen) atoms. The van der Waals surface area contributed by atoms with Crippen LogP contribution in [0.4, 0.5) is 5.82 Å². The summed E-state index contributed by atoms with van der Waals surface area (Å²) < 4.78 is 21.7. The van der Waals surface area contributed by atoms with Crippen LogP contribution in [0.2, 0.25) is 0 Å². The molecule has 2 rings (SSSR count). The Bertz CT molecular complexity index is 485. The van der Waals surface area contributed by atoms with Crippen molar-refractivity contribution in [1.29, 1.82) is 0 Å². The molecule has 0 unspecified atom stereocenters. The molecule has 0 fully saturated rings. The zero-order valence-electron chi connectivity index (χ0n) is 8.94. The number of anilines is 1. The number of nitrogens with two attached hydrogens (primary N) is 1. The van der Waals surface area contributed by atoms with E-state index in [4.69, 9.17) is 5.14 Å². The van der Waals surface area contributed by atoms with E-state index in [0.717, 1.165) is 30.9 Å². The van der Waals surface area contributed by atoms with Gasteiger partial charge in [-0.25, -0.2) is 18.5 Å². The van der Waals surface area contributed by atoms with Crippen molar-refractivity contribution in [2.24, 2.45) is 5.14 Å². The van der Waals surface area contributed by atoms with Crippen molar-refractivity contribution in [2.75, 3.05) is 17.6 Å². The van der Waals surface area contributed by atoms with E-state index in [9.17, 15) is 8.42 Å². The summed E-state index contributed by atoms with van der Waals surface area (Å²) in [6.07, 6.45) is 2.52. The summed E-state index contributed by atoms with van der Waals surface area (Å²) in [5, 5.41) is 8.16. The van der Waals surface area contributed by atoms with Crippen LogP contribution in [-0.4, -0.2) is 25.7 Å². The van der Waals surface area contributed by atoms with Crippen LogP contribution >= 0.6 is 0 Å². The summed E-state index contributed by atoms with van der Waals surface area (Å²) in [6.45, 7) is 0.929. The highest BCUT2D eigenvalue weighted by Crippen LogP contribution is 2.19. The van der Waals surface area contributed by atoms with Crippen LogP contribution in [0, 0.1) is 0 Å². The molecule has 5 nitrogen and oxygen atoms in total. The lowest BCUT2D eigenvalue weighted by Gasteiger charge is -2.17. The summed E-state index contributed by atoms with van der Waals surface area (Å²) in [4.78, 5) is 4.39. The van der Waals surface area contributed by atoms with E-state index in [1.807, 2.05) is 12.1 Å². The Kier molecular flexibility index (Phi) is 3.11. The fourth-order valence-electron chi connectivity index (χ4n) is 1.75. The average molecular weight is 241 g/mol. The molecule has 0 amide bonds. The topological polar surface area (TPSA) is 85.1 Å². The van der Waals surface area contributed by atoms with Gasteiger partial charge in [-0.15, -0.1) is 0 Å². The van der Waals surface area contributed by atoms with Gasteiger partial charge in [-0.1, -0.05) is 6.07 Å². The Morgan fingerprint density at radius 2 is 2.25 bits per heavy atom. The van der Waals surface area contributed by atoms with Gasteiger partial charge < -0.3 is 5.32 Å². The standard InChI is InChI=1S/C10H15N3O2S/c11-16(14,15)7-5-9-4-3-8-2-1-6-12-10(8)13-9/h3-4H,1-2,5-7H2,(H,12,13)(H2,11,14,15). The molecule has 0 atom stereocenters. The number of rotatable bonds is 3. The van der Waals surface area contributed by atoms with Gasteiger partial charge in [0.2, 0.25) is 10.0 Å². The van der Waals surface area contributed by atoms with E-state index in [1.54, 1.807) is 0 Å². The van der Waals surface area contributed by atoms with Gasteiger partial charge in [0.1, 0.15) is 5.82 Å². The van der Waals surface area contributed by atoms with Crippen LogP contribution in [0.5, 0.6) is 0 Å². The molecule has 6 heteroatoms. The number of aryl methyl sites for hydroxylation is 2. The van der Waals surface area contributed by atoms with Crippen LogP contribution in [0.25, 0.3) is 0 Å². The third kappa shape index (κ3) is 2.93. The van der Waals surface area contributed by atoms with Crippen molar-refractivity contribution >= 4 is 15.8 Å². The molecular formula is C10H15N3O2S. The van der Waals surface area contributed by atoms with Crippen LogP contribution in [0.1, 0.15) is 17.7 Å². The number of nitrogens with zero attached hydrogens (tertiary/aromatic N) is 1. The summed E-state index contributed by atoms with van der Waals surface area (Å²) in [5.41, 5.74) is 1.97. The Labute approximate surface area is 95.1 Å². The lowest BCUT2D eigenvalue weighted by atomic mass is 10.1. The van der Waals surface area contributed by atoms with Crippen molar-refractivity contribution in [3.05, 3.63) is 23.4 Å². The van der Waals surface area contributed by atoms with Crippen LogP contribution in [0.3, 0.4) is 0 Å². The number of fused-ring (bicyclic) bond motifs is 1. The van der Waals surface area contributed by atoms with Crippen molar-refractivity contribution < 1.29 is 8.42 Å². The molecule has 1 aliphatic heterocycles. The molecule has 0 aliphatic carbocycles. The third-order valence-electron chi connectivity index (χ3n) is 2.59. The molecule has 0 spiro atoms. The largest absolute Gasteiger partial charge is 0.370 e. The van der Waals surface area contributed by atoms with E-state index >= 15 is 0 Å². The van der Waals surface area contributed by atoms with Crippen LogP contribution < -0.4 is 10.5 Å². The minimum atomic E-state index is -3.40. The van der Waals surface area contributed by atoms with Gasteiger partial charge in [0.05, 0.1) is 5.75 Å². The number of hydrogen-bond donors (Lipinski definition) is 2. The van der Waals surface area contributed by atoms with Crippen molar-refractivity contribution in [2.45, 2.75) is 19.3 Å². The number of pyridine rings is 1. The third-order valence-corrected chi connectivity index (χ3v) is 3.37. The molecule has 1 aliphatic rings. The molecule has 0 aromatic carbocycles. The van der Waals surface area contributed by atoms with E-state index in [2.05, 4.69) is 10.3 Å². The van der Waals surface area contributed by atoms with E-state index in [0.29, 0.717) is 6.42 Å². The van der Waals surface area contributed by atoms with E-state index < -0.39 is 10.0 Å². The van der Waals surface area contributed by atoms with Gasteiger partial charge in [0, 0.05) is 18.7 Å². The Morgan fingerprint density at radius 3 is 3.00 bits per heavy atom. The normalized spacial score (nSPS) is 15.3. The lowest BCUT2D eigenvalue weighted by molar-refractivity contribution is 0.596. The Morgan fingerprint density at radius 1 is 1.44 bits per heavy atom. The highest BCUT2D eigenvalue weighted by molar-refractivity contribution is 7.89. The molecule has 0 saturated carbocycles. The quantitative estimate of drug-likeness (QED) is 0.795. The predicted octanol–water partition coefficient (Wildman–Crippen LogP) is 0.271. The first-order valence-corrected chi connectivity index (χ1v) is 6.99. The highest BCUT2D eigenvalue weighted by atomic mass is 32.2. The number of hydrogen-bond acceptors (Lipinski definition) is 4. The monoisotopic (exact) mass is 241 g/mol. The molecule has 3 N–H and O–H groups in total. The molecule has 0 saturated heterocycles. The number of primary sulfonamides is 1. The second-order valence-electron chi connectivity index (χ2n) is 3.96. The van der Waals surface area contributed by atoms with Crippen LogP contribution in [0.15, 0.2) is 12.1 Å². The van der Waals surface area contributed by atoms with E-state index in [-0.39, 0.29) is 5.75 Å². The fourth-order valence-corrected chi connectivity index (χ4v) is 2.25. The number of sulfonamides is 1. The maximum Gasteiger partial charge on any atom is 0.209 e. The Balaban J connectivity index is 2.11. The van der Waals surface area contributed by atoms with Gasteiger partial charge in [0.15, 0.2) is 0 Å². The molecular weight excluding hydrogens is 226 g/mol. The molecule has 1 aromatic rings. The van der Waals surface area contributed by atoms with Crippen LogP contribution in [-0.2, 0) is 22.9 Å². The average Bonchev–Trinajstić information content (AvgIpc) is 2.25. The first-order valence-electron chi connectivity index (χ1n) is 5.28. The van der Waals surface area contributed by atoms with Gasteiger partial charge in [-0.2, -0.15) is 0 Å². The van der Waals surface area contributed by atoms with E-state index in [1.165, 1.54) is 5.56 Å². The summed E-state index contributed by atoms with van der Waals surface area (Å²) in [6, 6.07) is 3.88. The smallest absolute Gasteiger partial charge is 0.209 e. The zero-order chi connectivity index (χ0) is 11.6. The lowest BCUT2D eigenvalue weighted by Crippen LogP contribution is -2.19. The SMILES string of the molecule is NS(=O)(=O)CCc1ccc2c(n1)NCCC2. The maximum absolute atomic E-state index is 10.8. The van der Waals surface area contributed by atoms with Crippen molar-refractivity contribution in [3.8, 4) is 0 Å². The fraction of sp³-hybridized carbons (Fsp3) is 0.500. The van der Waals surface area contributed by atoms with Gasteiger partial charge in [0.25, 0.3) is 0 Å². The summed E-state index contributed by atoms with van der Waals surface area (Å²) >= 11 is 0. The summed E-state index contributed by atoms with van der Waals surface area (Å²) in [7, 11) is -3.40. The van der Waals surface area contributed by atoms with Crippen molar-refractivity contribution in [3.63, 3.8) is 0 Å². The Hall–Kier alpha value is -1.14. The van der Waals surface area contributed by atoms with Gasteiger partial charge in [-0.05, 0) is 24.5 Å². The molecule has 2 heterocycles. The zero-order valence-corrected chi connectivity index (χ0v) is 9.76. The second-order valence-corrected chi connectivity index (χ2v) is 5.69. The van der Waals surface area contributed by atoms with Gasteiger partial charge in [-0.3, -0.25) is 0 Å². The molecule has 88 valence electrons. The maximum atomic E-state index is 10.8. The molecule has 0 radical (unpaired) electrons. The highest BCUT2D eigenvalue weighted by Gasteiger charge is 2.11. The van der Waals surface area contributed by atoms with Crippen molar-refractivity contribution in [1.82, 2.24) is 4.98 Å². The minimum Gasteiger partial charge on any atom is -0.370 e. The number of aromatic nitrogens is 1. The summed E-state index contributed by atoms with van der Waals surface area (Å²) in [5.74, 6) is 0.830. The first kappa shape index (κ1) is 11.3.